The molecule has 1 atom stereocenters. The molecule has 0 spiro atoms. The lowest BCUT2D eigenvalue weighted by atomic mass is 9.98. The van der Waals surface area contributed by atoms with Crippen molar-refractivity contribution < 1.29 is 0 Å². The monoisotopic (exact) mass is 334 g/mol. The van der Waals surface area contributed by atoms with Gasteiger partial charge in [0.05, 0.1) is 11.6 Å². The lowest BCUT2D eigenvalue weighted by molar-refractivity contribution is 0.430. The molecule has 0 aromatic carbocycles. The Labute approximate surface area is 145 Å². The van der Waals surface area contributed by atoms with Gasteiger partial charge in [0, 0.05) is 38.2 Å². The number of fused-ring (bicyclic) bond motifs is 1. The zero-order valence-electron chi connectivity index (χ0n) is 13.7. The fourth-order valence-corrected chi connectivity index (χ4v) is 3.24. The number of anilines is 2. The number of pyridine rings is 1. The Balaban J connectivity index is 1.44. The van der Waals surface area contributed by atoms with Crippen LogP contribution in [0.4, 0.5) is 11.6 Å². The van der Waals surface area contributed by atoms with Crippen LogP contribution in [-0.4, -0.2) is 44.2 Å². The summed E-state index contributed by atoms with van der Waals surface area (Å²) in [4.78, 5) is 11.1. The highest BCUT2D eigenvalue weighted by Crippen LogP contribution is 2.24. The zero-order valence-corrected chi connectivity index (χ0v) is 13.7. The van der Waals surface area contributed by atoms with Crippen LogP contribution in [0.3, 0.4) is 0 Å². The third kappa shape index (κ3) is 3.21. The van der Waals surface area contributed by atoms with Gasteiger partial charge in [0.15, 0.2) is 5.82 Å². The van der Waals surface area contributed by atoms with Crippen molar-refractivity contribution in [1.82, 2.24) is 24.6 Å². The molecule has 4 rings (SSSR count). The van der Waals surface area contributed by atoms with Crippen LogP contribution in [-0.2, 0) is 0 Å². The number of nitrogens with zero attached hydrogens (tertiary/aromatic N) is 7. The minimum atomic E-state index is 0.478. The van der Waals surface area contributed by atoms with Crippen molar-refractivity contribution >= 4 is 17.3 Å². The van der Waals surface area contributed by atoms with Gasteiger partial charge in [-0.05, 0) is 30.9 Å². The van der Waals surface area contributed by atoms with Crippen molar-refractivity contribution in [2.45, 2.75) is 12.8 Å². The number of nitrogens with one attached hydrogen (secondary N) is 1. The van der Waals surface area contributed by atoms with Crippen LogP contribution >= 0.6 is 0 Å². The van der Waals surface area contributed by atoms with Crippen LogP contribution in [0, 0.1) is 17.2 Å². The van der Waals surface area contributed by atoms with Crippen molar-refractivity contribution in [2.24, 2.45) is 5.92 Å². The Morgan fingerprint density at radius 3 is 3.20 bits per heavy atom. The number of rotatable bonds is 4. The standard InChI is InChI=1S/C17H18N8/c18-9-13-3-4-19-15(8-13)21-10-14-2-1-6-24(11-14)16-17-23-22-12-25(17)7-5-20-16/h3-5,7-8,12,14H,1-2,6,10-11H2,(H,19,21). The molecular formula is C17H18N8. The summed E-state index contributed by atoms with van der Waals surface area (Å²) >= 11 is 0. The normalized spacial score (nSPS) is 17.4. The van der Waals surface area contributed by atoms with Crippen molar-refractivity contribution in [3.63, 3.8) is 0 Å². The molecule has 3 aromatic rings. The van der Waals surface area contributed by atoms with Crippen LogP contribution in [0.2, 0.25) is 0 Å². The third-order valence-electron chi connectivity index (χ3n) is 4.48. The summed E-state index contributed by atoms with van der Waals surface area (Å²) in [7, 11) is 0. The van der Waals surface area contributed by atoms with E-state index in [1.807, 2.05) is 10.6 Å². The fraction of sp³-hybridized carbons (Fsp3) is 0.353. The second-order valence-electron chi connectivity index (χ2n) is 6.19. The molecule has 1 N–H and O–H groups in total. The van der Waals surface area contributed by atoms with Crippen LogP contribution in [0.15, 0.2) is 37.1 Å². The second-order valence-corrected chi connectivity index (χ2v) is 6.19. The first-order chi connectivity index (χ1) is 12.3. The Hall–Kier alpha value is -3.21. The molecule has 1 saturated heterocycles. The van der Waals surface area contributed by atoms with Gasteiger partial charge in [-0.15, -0.1) is 10.2 Å². The maximum atomic E-state index is 8.98. The molecule has 8 nitrogen and oxygen atoms in total. The molecule has 0 aliphatic carbocycles. The molecule has 0 amide bonds. The summed E-state index contributed by atoms with van der Waals surface area (Å²) in [6, 6.07) is 5.62. The smallest absolute Gasteiger partial charge is 0.203 e. The molecule has 8 heteroatoms. The van der Waals surface area contributed by atoms with Gasteiger partial charge in [-0.1, -0.05) is 0 Å². The predicted molar refractivity (Wildman–Crippen MR) is 93.2 cm³/mol. The third-order valence-corrected chi connectivity index (χ3v) is 4.48. The maximum Gasteiger partial charge on any atom is 0.203 e. The highest BCUT2D eigenvalue weighted by molar-refractivity contribution is 5.63. The molecule has 1 fully saturated rings. The van der Waals surface area contributed by atoms with Gasteiger partial charge in [0.1, 0.15) is 12.1 Å². The molecule has 126 valence electrons. The van der Waals surface area contributed by atoms with E-state index in [1.54, 1.807) is 30.9 Å². The molecule has 1 aliphatic heterocycles. The maximum absolute atomic E-state index is 8.98. The average molecular weight is 334 g/mol. The molecule has 3 aromatic heterocycles. The van der Waals surface area contributed by atoms with Gasteiger partial charge in [0.25, 0.3) is 0 Å². The van der Waals surface area contributed by atoms with Gasteiger partial charge < -0.3 is 10.2 Å². The number of aromatic nitrogens is 5. The van der Waals surface area contributed by atoms with Gasteiger partial charge in [0.2, 0.25) is 5.65 Å². The molecule has 1 unspecified atom stereocenters. The average Bonchev–Trinajstić information content (AvgIpc) is 3.15. The van der Waals surface area contributed by atoms with E-state index in [0.29, 0.717) is 11.5 Å². The Morgan fingerprint density at radius 2 is 2.28 bits per heavy atom. The Kier molecular flexibility index (Phi) is 4.12. The van der Waals surface area contributed by atoms with Gasteiger partial charge in [-0.3, -0.25) is 4.40 Å². The van der Waals surface area contributed by atoms with Gasteiger partial charge in [-0.25, -0.2) is 9.97 Å². The fourth-order valence-electron chi connectivity index (χ4n) is 3.24. The van der Waals surface area contributed by atoms with E-state index >= 15 is 0 Å². The summed E-state index contributed by atoms with van der Waals surface area (Å²) in [5.41, 5.74) is 1.41. The summed E-state index contributed by atoms with van der Waals surface area (Å²) < 4.78 is 1.89. The van der Waals surface area contributed by atoms with E-state index in [2.05, 4.69) is 36.5 Å². The SMILES string of the molecule is N#Cc1ccnc(NCC2CCCN(c3nccn4cnnc34)C2)c1. The minimum Gasteiger partial charge on any atom is -0.370 e. The summed E-state index contributed by atoms with van der Waals surface area (Å²) in [6.45, 7) is 2.69. The number of piperidine rings is 1. The number of nitriles is 1. The second kappa shape index (κ2) is 6.73. The van der Waals surface area contributed by atoms with Gasteiger partial charge in [-0.2, -0.15) is 5.26 Å². The van der Waals surface area contributed by atoms with E-state index in [4.69, 9.17) is 5.26 Å². The van der Waals surface area contributed by atoms with E-state index in [9.17, 15) is 0 Å². The molecular weight excluding hydrogens is 316 g/mol. The predicted octanol–water partition coefficient (Wildman–Crippen LogP) is 1.72. The van der Waals surface area contributed by atoms with E-state index < -0.39 is 0 Å². The lowest BCUT2D eigenvalue weighted by Gasteiger charge is -2.33. The molecule has 0 bridgehead atoms. The van der Waals surface area contributed by atoms with Crippen LogP contribution in [0.25, 0.3) is 5.65 Å². The summed E-state index contributed by atoms with van der Waals surface area (Å²) in [5, 5.41) is 20.5. The first-order valence-electron chi connectivity index (χ1n) is 8.33. The minimum absolute atomic E-state index is 0.478. The first kappa shape index (κ1) is 15.3. The number of hydrogen-bond donors (Lipinski definition) is 1. The van der Waals surface area contributed by atoms with Crippen LogP contribution < -0.4 is 10.2 Å². The van der Waals surface area contributed by atoms with Crippen molar-refractivity contribution in [3.8, 4) is 6.07 Å². The first-order valence-corrected chi connectivity index (χ1v) is 8.33. The largest absolute Gasteiger partial charge is 0.370 e. The lowest BCUT2D eigenvalue weighted by Crippen LogP contribution is -2.38. The number of hydrogen-bond acceptors (Lipinski definition) is 7. The van der Waals surface area contributed by atoms with Crippen molar-refractivity contribution in [2.75, 3.05) is 29.9 Å². The molecule has 25 heavy (non-hydrogen) atoms. The molecule has 0 radical (unpaired) electrons. The highest BCUT2D eigenvalue weighted by atomic mass is 15.3. The van der Waals surface area contributed by atoms with Gasteiger partial charge >= 0.3 is 0 Å². The van der Waals surface area contributed by atoms with Crippen LogP contribution in [0.1, 0.15) is 18.4 Å². The molecule has 4 heterocycles. The van der Waals surface area contributed by atoms with E-state index in [1.165, 1.54) is 0 Å². The Morgan fingerprint density at radius 1 is 1.32 bits per heavy atom. The molecule has 0 saturated carbocycles. The zero-order chi connectivity index (χ0) is 17.1. The summed E-state index contributed by atoms with van der Waals surface area (Å²) in [6.07, 6.45) is 9.24. The van der Waals surface area contributed by atoms with Crippen LogP contribution in [0.5, 0.6) is 0 Å². The Bertz CT molecular complexity index is 912. The topological polar surface area (TPSA) is 95.0 Å². The van der Waals surface area contributed by atoms with Crippen molar-refractivity contribution in [3.05, 3.63) is 42.6 Å². The highest BCUT2D eigenvalue weighted by Gasteiger charge is 2.23. The molecule has 1 aliphatic rings. The summed E-state index contributed by atoms with van der Waals surface area (Å²) in [5.74, 6) is 2.11. The quantitative estimate of drug-likeness (QED) is 0.776. The van der Waals surface area contributed by atoms with Crippen molar-refractivity contribution in [1.29, 1.82) is 5.26 Å². The van der Waals surface area contributed by atoms with E-state index in [-0.39, 0.29) is 0 Å². The van der Waals surface area contributed by atoms with E-state index in [0.717, 1.165) is 49.8 Å².